The molecule has 0 aliphatic carbocycles. The molecule has 0 radical (unpaired) electrons. The Morgan fingerprint density at radius 2 is 1.71 bits per heavy atom. The van der Waals surface area contributed by atoms with Gasteiger partial charge >= 0.3 is 0 Å². The number of anilines is 2. The highest BCUT2D eigenvalue weighted by Gasteiger charge is 2.36. The maximum atomic E-state index is 13.6. The molecule has 0 N–H and O–H groups in total. The average molecular weight is 529 g/mol. The van der Waals surface area contributed by atoms with Crippen molar-refractivity contribution in [2.45, 2.75) is 31.7 Å². The zero-order valence-electron chi connectivity index (χ0n) is 19.2. The highest BCUT2D eigenvalue weighted by molar-refractivity contribution is 9.10. The minimum absolute atomic E-state index is 0.0496. The molecule has 6 nitrogen and oxygen atoms in total. The van der Waals surface area contributed by atoms with Gasteiger partial charge in [0.05, 0.1) is 16.7 Å². The Morgan fingerprint density at radius 3 is 2.57 bits per heavy atom. The van der Waals surface area contributed by atoms with Crippen LogP contribution in [-0.4, -0.2) is 34.5 Å². The molecule has 4 aromatic rings. The molecule has 0 saturated carbocycles. The number of aromatic nitrogens is 2. The molecular formula is C28H25BrN4O2. The summed E-state index contributed by atoms with van der Waals surface area (Å²) in [5, 5.41) is 0. The maximum Gasteiger partial charge on any atom is 0.246 e. The second-order valence-corrected chi connectivity index (χ2v) is 10.0. The Morgan fingerprint density at radius 1 is 0.971 bits per heavy atom. The molecule has 6 rings (SSSR count). The lowest BCUT2D eigenvalue weighted by molar-refractivity contribution is -0.119. The van der Waals surface area contributed by atoms with Crippen LogP contribution < -0.4 is 9.80 Å². The van der Waals surface area contributed by atoms with E-state index in [0.717, 1.165) is 52.1 Å². The Labute approximate surface area is 212 Å². The van der Waals surface area contributed by atoms with Gasteiger partial charge in [0.1, 0.15) is 12.4 Å². The van der Waals surface area contributed by atoms with E-state index in [4.69, 9.17) is 4.98 Å². The van der Waals surface area contributed by atoms with Crippen LogP contribution in [-0.2, 0) is 22.6 Å². The smallest absolute Gasteiger partial charge is 0.246 e. The van der Waals surface area contributed by atoms with E-state index in [1.807, 2.05) is 81.1 Å². The molecule has 2 aliphatic heterocycles. The van der Waals surface area contributed by atoms with E-state index < -0.39 is 0 Å². The second-order valence-electron chi connectivity index (χ2n) is 9.18. The number of amides is 2. The van der Waals surface area contributed by atoms with E-state index in [-0.39, 0.29) is 24.3 Å². The van der Waals surface area contributed by atoms with Crippen LogP contribution in [0.2, 0.25) is 0 Å². The summed E-state index contributed by atoms with van der Waals surface area (Å²) in [4.78, 5) is 35.3. The molecule has 1 unspecified atom stereocenters. The fraction of sp³-hybridized carbons (Fsp3) is 0.250. The highest BCUT2D eigenvalue weighted by Crippen LogP contribution is 2.36. The summed E-state index contributed by atoms with van der Waals surface area (Å²) in [6, 6.07) is 23.8. The van der Waals surface area contributed by atoms with Gasteiger partial charge in [-0.05, 0) is 64.7 Å². The number of hydrogen-bond donors (Lipinski definition) is 0. The molecule has 3 aromatic carbocycles. The van der Waals surface area contributed by atoms with Gasteiger partial charge < -0.3 is 14.4 Å². The molecule has 2 amide bonds. The standard InChI is InChI=1S/C28H25BrN4O2/c29-21-10-2-5-13-24(21)32-17-20(16-26(32)34)28-30-22-11-3-6-14-25(22)33(28)18-27(35)31-15-7-9-19-8-1-4-12-23(19)31/h1-6,8,10-14,20H,7,9,15-18H2. The quantitative estimate of drug-likeness (QED) is 0.361. The number of halogens is 1. The van der Waals surface area contributed by atoms with E-state index in [0.29, 0.717) is 13.0 Å². The largest absolute Gasteiger partial charge is 0.318 e. The minimum Gasteiger partial charge on any atom is -0.318 e. The zero-order valence-corrected chi connectivity index (χ0v) is 20.8. The summed E-state index contributed by atoms with van der Waals surface area (Å²) in [7, 11) is 0. The van der Waals surface area contributed by atoms with Crippen molar-refractivity contribution in [3.8, 4) is 0 Å². The number of fused-ring (bicyclic) bond motifs is 2. The predicted molar refractivity (Wildman–Crippen MR) is 141 cm³/mol. The number of para-hydroxylation sites is 4. The SMILES string of the molecule is O=C1CC(c2nc3ccccc3n2CC(=O)N2CCCc3ccccc32)CN1c1ccccc1Br. The van der Waals surface area contributed by atoms with Crippen molar-refractivity contribution < 1.29 is 9.59 Å². The summed E-state index contributed by atoms with van der Waals surface area (Å²) in [6.45, 7) is 1.45. The van der Waals surface area contributed by atoms with Crippen LogP contribution in [0, 0.1) is 0 Å². The van der Waals surface area contributed by atoms with Crippen LogP contribution in [0.15, 0.2) is 77.3 Å². The number of nitrogens with zero attached hydrogens (tertiary/aromatic N) is 4. The number of imidazole rings is 1. The van der Waals surface area contributed by atoms with E-state index in [1.165, 1.54) is 5.56 Å². The van der Waals surface area contributed by atoms with Gasteiger partial charge in [-0.15, -0.1) is 0 Å². The van der Waals surface area contributed by atoms with Crippen molar-refractivity contribution in [2.75, 3.05) is 22.9 Å². The van der Waals surface area contributed by atoms with Gasteiger partial charge in [-0.3, -0.25) is 9.59 Å². The first-order valence-corrected chi connectivity index (χ1v) is 12.8. The second kappa shape index (κ2) is 8.96. The lowest BCUT2D eigenvalue weighted by Gasteiger charge is -2.30. The van der Waals surface area contributed by atoms with Crippen LogP contribution in [0.4, 0.5) is 11.4 Å². The van der Waals surface area contributed by atoms with Crippen molar-refractivity contribution in [1.82, 2.24) is 9.55 Å². The van der Waals surface area contributed by atoms with Crippen molar-refractivity contribution in [1.29, 1.82) is 0 Å². The number of hydrogen-bond acceptors (Lipinski definition) is 3. The molecule has 2 aliphatic rings. The Bertz CT molecular complexity index is 1450. The van der Waals surface area contributed by atoms with Crippen LogP contribution >= 0.6 is 15.9 Å². The van der Waals surface area contributed by atoms with Crippen LogP contribution in [0.5, 0.6) is 0 Å². The Balaban J connectivity index is 1.34. The molecule has 0 spiro atoms. The van der Waals surface area contributed by atoms with Gasteiger partial charge in [0.2, 0.25) is 11.8 Å². The Hall–Kier alpha value is -3.45. The minimum atomic E-state index is -0.0940. The molecule has 0 bridgehead atoms. The van der Waals surface area contributed by atoms with Crippen molar-refractivity contribution in [2.24, 2.45) is 0 Å². The summed E-state index contributed by atoms with van der Waals surface area (Å²) in [5.41, 5.74) is 4.86. The monoisotopic (exact) mass is 528 g/mol. The van der Waals surface area contributed by atoms with Crippen molar-refractivity contribution in [3.05, 3.63) is 88.7 Å². The summed E-state index contributed by atoms with van der Waals surface area (Å²) in [6.07, 6.45) is 2.32. The number of rotatable bonds is 4. The number of carbonyl (C=O) groups is 2. The molecule has 3 heterocycles. The van der Waals surface area contributed by atoms with Gasteiger partial charge in [-0.2, -0.15) is 0 Å². The van der Waals surface area contributed by atoms with Crippen molar-refractivity contribution in [3.63, 3.8) is 0 Å². The van der Waals surface area contributed by atoms with Crippen LogP contribution in [0.3, 0.4) is 0 Å². The number of aryl methyl sites for hydroxylation is 1. The first-order chi connectivity index (χ1) is 17.1. The molecule has 1 aromatic heterocycles. The predicted octanol–water partition coefficient (Wildman–Crippen LogP) is 5.30. The van der Waals surface area contributed by atoms with E-state index in [2.05, 4.69) is 22.0 Å². The molecule has 1 saturated heterocycles. The highest BCUT2D eigenvalue weighted by atomic mass is 79.9. The van der Waals surface area contributed by atoms with Gasteiger partial charge in [0.15, 0.2) is 0 Å². The summed E-state index contributed by atoms with van der Waals surface area (Å²) >= 11 is 3.58. The molecule has 176 valence electrons. The van der Waals surface area contributed by atoms with E-state index in [1.54, 1.807) is 0 Å². The summed E-state index contributed by atoms with van der Waals surface area (Å²) < 4.78 is 2.91. The third-order valence-electron chi connectivity index (χ3n) is 7.02. The topological polar surface area (TPSA) is 58.4 Å². The van der Waals surface area contributed by atoms with Gasteiger partial charge in [-0.1, -0.05) is 42.5 Å². The molecule has 1 fully saturated rings. The third kappa shape index (κ3) is 3.93. The molecular weight excluding hydrogens is 504 g/mol. The maximum absolute atomic E-state index is 13.6. The molecule has 1 atom stereocenters. The first kappa shape index (κ1) is 22.0. The number of carbonyl (C=O) groups excluding carboxylic acids is 2. The van der Waals surface area contributed by atoms with Gasteiger partial charge in [0, 0.05) is 35.6 Å². The Kier molecular flexibility index (Phi) is 5.65. The van der Waals surface area contributed by atoms with Crippen molar-refractivity contribution >= 4 is 50.2 Å². The lowest BCUT2D eigenvalue weighted by atomic mass is 10.0. The van der Waals surface area contributed by atoms with Crippen LogP contribution in [0.1, 0.15) is 30.1 Å². The van der Waals surface area contributed by atoms with E-state index in [9.17, 15) is 9.59 Å². The number of benzene rings is 3. The average Bonchev–Trinajstić information content (AvgIpc) is 3.44. The third-order valence-corrected chi connectivity index (χ3v) is 7.69. The molecule has 35 heavy (non-hydrogen) atoms. The lowest BCUT2D eigenvalue weighted by Crippen LogP contribution is -2.38. The zero-order chi connectivity index (χ0) is 23.9. The summed E-state index contributed by atoms with van der Waals surface area (Å²) in [5.74, 6) is 0.821. The van der Waals surface area contributed by atoms with E-state index >= 15 is 0 Å². The normalized spacial score (nSPS) is 17.7. The van der Waals surface area contributed by atoms with Crippen LogP contribution in [0.25, 0.3) is 11.0 Å². The fourth-order valence-electron chi connectivity index (χ4n) is 5.37. The first-order valence-electron chi connectivity index (χ1n) is 12.0. The fourth-order valence-corrected chi connectivity index (χ4v) is 5.87. The van der Waals surface area contributed by atoms with Gasteiger partial charge in [0.25, 0.3) is 0 Å². The van der Waals surface area contributed by atoms with Gasteiger partial charge in [-0.25, -0.2) is 4.98 Å². The molecule has 7 heteroatoms.